The number of carboxylic acid groups (broad SMARTS) is 1. The van der Waals surface area contributed by atoms with Gasteiger partial charge in [-0.1, -0.05) is 60.7 Å². The van der Waals surface area contributed by atoms with Crippen LogP contribution in [0.3, 0.4) is 0 Å². The number of fused-ring (bicyclic) bond motifs is 1. The molecule has 6 heteroatoms. The minimum atomic E-state index is -0.932. The summed E-state index contributed by atoms with van der Waals surface area (Å²) in [6.45, 7) is 0.521. The quantitative estimate of drug-likeness (QED) is 0.461. The summed E-state index contributed by atoms with van der Waals surface area (Å²) in [5.74, 6) is -1.94. The number of nitrogens with one attached hydrogen (secondary N) is 1. The SMILES string of the molecule is O=C(NCC(Cc1ccc2ccccc2c1)C(=O)O)c1ccccc1Cn1cccn1. The van der Waals surface area contributed by atoms with Crippen LogP contribution in [0.4, 0.5) is 0 Å². The molecule has 0 radical (unpaired) electrons. The van der Waals surface area contributed by atoms with Gasteiger partial charge in [0.2, 0.25) is 0 Å². The molecule has 2 N–H and O–H groups in total. The van der Waals surface area contributed by atoms with Crippen LogP contribution < -0.4 is 5.32 Å². The molecule has 0 aliphatic heterocycles. The second-order valence-electron chi connectivity index (χ2n) is 7.49. The van der Waals surface area contributed by atoms with Crippen LogP contribution in [0.1, 0.15) is 21.5 Å². The number of rotatable bonds is 8. The van der Waals surface area contributed by atoms with Gasteiger partial charge in [-0.2, -0.15) is 5.10 Å². The summed E-state index contributed by atoms with van der Waals surface area (Å²) in [6.07, 6.45) is 3.86. The topological polar surface area (TPSA) is 84.2 Å². The molecule has 4 rings (SSSR count). The molecule has 6 nitrogen and oxygen atoms in total. The first-order chi connectivity index (χ1) is 15.1. The van der Waals surface area contributed by atoms with Crippen LogP contribution >= 0.6 is 0 Å². The van der Waals surface area contributed by atoms with Crippen molar-refractivity contribution < 1.29 is 14.7 Å². The first-order valence-corrected chi connectivity index (χ1v) is 10.1. The van der Waals surface area contributed by atoms with Crippen molar-refractivity contribution in [3.05, 3.63) is 102 Å². The van der Waals surface area contributed by atoms with E-state index in [1.54, 1.807) is 23.0 Å². The molecule has 0 spiro atoms. The van der Waals surface area contributed by atoms with Crippen LogP contribution in [0.5, 0.6) is 0 Å². The fraction of sp³-hybridized carbons (Fsp3) is 0.160. The largest absolute Gasteiger partial charge is 0.481 e. The van der Waals surface area contributed by atoms with Crippen molar-refractivity contribution in [1.29, 1.82) is 0 Å². The number of nitrogens with zero attached hydrogens (tertiary/aromatic N) is 2. The van der Waals surface area contributed by atoms with E-state index in [1.807, 2.05) is 66.9 Å². The van der Waals surface area contributed by atoms with Crippen LogP contribution in [0.25, 0.3) is 10.8 Å². The lowest BCUT2D eigenvalue weighted by molar-refractivity contribution is -0.141. The third-order valence-corrected chi connectivity index (χ3v) is 5.31. The van der Waals surface area contributed by atoms with Crippen LogP contribution in [0, 0.1) is 5.92 Å². The molecule has 0 aliphatic rings. The predicted molar refractivity (Wildman–Crippen MR) is 119 cm³/mol. The minimum Gasteiger partial charge on any atom is -0.481 e. The number of carbonyl (C=O) groups excluding carboxylic acids is 1. The first-order valence-electron chi connectivity index (χ1n) is 10.1. The molecule has 31 heavy (non-hydrogen) atoms. The monoisotopic (exact) mass is 413 g/mol. The Bertz CT molecular complexity index is 1200. The summed E-state index contributed by atoms with van der Waals surface area (Å²) in [6, 6.07) is 23.0. The smallest absolute Gasteiger partial charge is 0.308 e. The summed E-state index contributed by atoms with van der Waals surface area (Å²) < 4.78 is 1.74. The number of hydrogen-bond acceptors (Lipinski definition) is 3. The summed E-state index contributed by atoms with van der Waals surface area (Å²) in [7, 11) is 0. The van der Waals surface area contributed by atoms with Crippen molar-refractivity contribution in [3.63, 3.8) is 0 Å². The second-order valence-corrected chi connectivity index (χ2v) is 7.49. The van der Waals surface area contributed by atoms with Gasteiger partial charge in [-0.25, -0.2) is 0 Å². The zero-order valence-electron chi connectivity index (χ0n) is 16.9. The Morgan fingerprint density at radius 3 is 2.52 bits per heavy atom. The Kier molecular flexibility index (Phi) is 6.08. The number of benzene rings is 3. The number of amides is 1. The lowest BCUT2D eigenvalue weighted by atomic mass is 9.97. The van der Waals surface area contributed by atoms with Crippen molar-refractivity contribution in [3.8, 4) is 0 Å². The summed E-state index contributed by atoms with van der Waals surface area (Å²) in [5.41, 5.74) is 2.28. The highest BCUT2D eigenvalue weighted by molar-refractivity contribution is 5.95. The number of aliphatic carboxylic acids is 1. The van der Waals surface area contributed by atoms with Gasteiger partial charge in [-0.15, -0.1) is 0 Å². The van der Waals surface area contributed by atoms with E-state index in [-0.39, 0.29) is 12.5 Å². The first kappa shape index (κ1) is 20.3. The van der Waals surface area contributed by atoms with E-state index < -0.39 is 11.9 Å². The highest BCUT2D eigenvalue weighted by Gasteiger charge is 2.20. The molecule has 0 saturated carbocycles. The van der Waals surface area contributed by atoms with Crippen molar-refractivity contribution in [1.82, 2.24) is 15.1 Å². The molecular weight excluding hydrogens is 390 g/mol. The van der Waals surface area contributed by atoms with Crippen molar-refractivity contribution >= 4 is 22.6 Å². The van der Waals surface area contributed by atoms with Crippen LogP contribution in [-0.4, -0.2) is 33.3 Å². The van der Waals surface area contributed by atoms with Crippen molar-refractivity contribution in [2.45, 2.75) is 13.0 Å². The zero-order chi connectivity index (χ0) is 21.6. The van der Waals surface area contributed by atoms with Gasteiger partial charge in [0.25, 0.3) is 5.91 Å². The lowest BCUT2D eigenvalue weighted by Gasteiger charge is -2.15. The predicted octanol–water partition coefficient (Wildman–Crippen LogP) is 3.76. The molecule has 1 atom stereocenters. The van der Waals surface area contributed by atoms with E-state index in [2.05, 4.69) is 10.4 Å². The Labute approximate surface area is 180 Å². The number of carboxylic acids is 1. The maximum absolute atomic E-state index is 12.8. The molecule has 1 unspecified atom stereocenters. The Balaban J connectivity index is 1.44. The molecule has 0 aliphatic carbocycles. The van der Waals surface area contributed by atoms with Crippen molar-refractivity contribution in [2.75, 3.05) is 6.54 Å². The maximum Gasteiger partial charge on any atom is 0.308 e. The van der Waals surface area contributed by atoms with Gasteiger partial charge in [0.15, 0.2) is 0 Å². The maximum atomic E-state index is 12.8. The molecule has 3 aromatic carbocycles. The van der Waals surface area contributed by atoms with Gasteiger partial charge in [0, 0.05) is 24.5 Å². The zero-order valence-corrected chi connectivity index (χ0v) is 16.9. The molecule has 1 amide bonds. The minimum absolute atomic E-state index is 0.0527. The van der Waals surface area contributed by atoms with Gasteiger partial charge < -0.3 is 10.4 Å². The average molecular weight is 413 g/mol. The lowest BCUT2D eigenvalue weighted by Crippen LogP contribution is -2.34. The fourth-order valence-electron chi connectivity index (χ4n) is 3.66. The highest BCUT2D eigenvalue weighted by atomic mass is 16.4. The van der Waals surface area contributed by atoms with Gasteiger partial charge in [-0.05, 0) is 40.5 Å². The van der Waals surface area contributed by atoms with Crippen LogP contribution in [0.15, 0.2) is 85.2 Å². The Hall–Kier alpha value is -3.93. The van der Waals surface area contributed by atoms with E-state index in [4.69, 9.17) is 0 Å². The normalized spacial score (nSPS) is 11.9. The molecule has 0 saturated heterocycles. The number of carbonyl (C=O) groups is 2. The molecule has 0 fully saturated rings. The fourth-order valence-corrected chi connectivity index (χ4v) is 3.66. The van der Waals surface area contributed by atoms with E-state index in [9.17, 15) is 14.7 Å². The average Bonchev–Trinajstić information content (AvgIpc) is 3.29. The number of aromatic nitrogens is 2. The molecule has 0 bridgehead atoms. The summed E-state index contributed by atoms with van der Waals surface area (Å²) >= 11 is 0. The Morgan fingerprint density at radius 2 is 1.74 bits per heavy atom. The van der Waals surface area contributed by atoms with E-state index in [1.165, 1.54) is 0 Å². The second kappa shape index (κ2) is 9.26. The van der Waals surface area contributed by atoms with Crippen LogP contribution in [-0.2, 0) is 17.8 Å². The summed E-state index contributed by atoms with van der Waals surface area (Å²) in [5, 5.41) is 18.9. The molecule has 1 aromatic heterocycles. The third kappa shape index (κ3) is 4.98. The molecular formula is C25H23N3O3. The third-order valence-electron chi connectivity index (χ3n) is 5.31. The van der Waals surface area contributed by atoms with E-state index in [0.29, 0.717) is 18.5 Å². The highest BCUT2D eigenvalue weighted by Crippen LogP contribution is 2.18. The van der Waals surface area contributed by atoms with Crippen molar-refractivity contribution in [2.24, 2.45) is 5.92 Å². The summed E-state index contributed by atoms with van der Waals surface area (Å²) in [4.78, 5) is 24.6. The van der Waals surface area contributed by atoms with Crippen LogP contribution in [0.2, 0.25) is 0 Å². The van der Waals surface area contributed by atoms with E-state index in [0.717, 1.165) is 21.9 Å². The number of hydrogen-bond donors (Lipinski definition) is 2. The molecule has 4 aromatic rings. The standard InChI is InChI=1S/C25H23N3O3/c29-24(23-9-4-3-8-21(23)17-28-13-5-12-27-28)26-16-22(25(30)31)15-18-10-11-19-6-1-2-7-20(19)14-18/h1-14,22H,15-17H2,(H,26,29)(H,30,31). The Morgan fingerprint density at radius 1 is 0.968 bits per heavy atom. The van der Waals surface area contributed by atoms with Gasteiger partial charge in [-0.3, -0.25) is 14.3 Å². The van der Waals surface area contributed by atoms with Gasteiger partial charge >= 0.3 is 5.97 Å². The molecule has 1 heterocycles. The van der Waals surface area contributed by atoms with E-state index >= 15 is 0 Å². The van der Waals surface area contributed by atoms with Gasteiger partial charge in [0.1, 0.15) is 0 Å². The molecule has 156 valence electrons. The van der Waals surface area contributed by atoms with Gasteiger partial charge in [0.05, 0.1) is 12.5 Å².